The van der Waals surface area contributed by atoms with Gasteiger partial charge in [0.25, 0.3) is 0 Å². The molecule has 0 saturated carbocycles. The summed E-state index contributed by atoms with van der Waals surface area (Å²) in [4.78, 5) is 0. The van der Waals surface area contributed by atoms with Gasteiger partial charge in [0.05, 0.1) is 19.6 Å². The van der Waals surface area contributed by atoms with Gasteiger partial charge in [-0.05, 0) is 70.6 Å². The van der Waals surface area contributed by atoms with Crippen LogP contribution in [-0.4, -0.2) is 29.7 Å². The van der Waals surface area contributed by atoms with Gasteiger partial charge in [-0.15, -0.1) is 0 Å². The van der Waals surface area contributed by atoms with E-state index in [4.69, 9.17) is 0 Å². The summed E-state index contributed by atoms with van der Waals surface area (Å²) in [6.07, 6.45) is 32.6. The summed E-state index contributed by atoms with van der Waals surface area (Å²) in [5.74, 6) is 0. The van der Waals surface area contributed by atoms with E-state index in [2.05, 4.69) is 55.4 Å². The third-order valence-corrected chi connectivity index (χ3v) is 10.1. The van der Waals surface area contributed by atoms with Crippen LogP contribution in [-0.2, 0) is 0 Å². The number of hydrogen-bond donors (Lipinski definition) is 0. The highest BCUT2D eigenvalue weighted by Crippen LogP contribution is 2.57. The Morgan fingerprint density at radius 1 is 0.342 bits per heavy atom. The summed E-state index contributed by atoms with van der Waals surface area (Å²) < 4.78 is 1.49. The number of halogens is 1. The van der Waals surface area contributed by atoms with Gasteiger partial charge in [0, 0.05) is 18.3 Å². The molecule has 0 bridgehead atoms. The minimum absolute atomic E-state index is 0. The summed E-state index contributed by atoms with van der Waals surface area (Å²) in [5, 5.41) is 0. The molecule has 0 radical (unpaired) electrons. The molecule has 0 atom stereocenters. The Hall–Kier alpha value is 0.250. The van der Waals surface area contributed by atoms with Gasteiger partial charge >= 0.3 is 0 Å². The van der Waals surface area contributed by atoms with Crippen LogP contribution in [0.3, 0.4) is 0 Å². The number of unbranched alkanes of at least 4 members (excludes halogenated alkanes) is 10. The van der Waals surface area contributed by atoms with Gasteiger partial charge in [0.1, 0.15) is 5.54 Å². The Morgan fingerprint density at radius 3 is 0.947 bits per heavy atom. The van der Waals surface area contributed by atoms with Crippen molar-refractivity contribution in [2.24, 2.45) is 5.41 Å². The summed E-state index contributed by atoms with van der Waals surface area (Å²) in [6.45, 7) is 23.9. The van der Waals surface area contributed by atoms with Gasteiger partial charge in [-0.3, -0.25) is 0 Å². The number of quaternary nitrogens is 1. The van der Waals surface area contributed by atoms with Crippen LogP contribution in [0.25, 0.3) is 0 Å². The molecular weight excluding hydrogens is 482 g/mol. The first-order valence-electron chi connectivity index (χ1n) is 17.8. The Balaban J connectivity index is 0. The Bertz CT molecular complexity index is 445. The normalized spacial score (nSPS) is 12.6. The highest BCUT2D eigenvalue weighted by molar-refractivity contribution is 5.01. The standard InChI is InChI=1S/C36H76N.ClH/c1-9-17-24-32-37(33-25-18-10-2,34-26-19-11-3)36(30-22-14-6,31-23-15-7)35(27-16-8,28-20-12-4)29-21-13-5;/h9-34H2,1-8H3;1H/q+1;/p-1. The molecule has 0 aliphatic rings. The molecule has 0 aromatic rings. The topological polar surface area (TPSA) is 0 Å². The summed E-state index contributed by atoms with van der Waals surface area (Å²) in [7, 11) is 0. The molecule has 0 saturated heterocycles. The Labute approximate surface area is 250 Å². The minimum Gasteiger partial charge on any atom is -1.00 e. The van der Waals surface area contributed by atoms with Crippen molar-refractivity contribution in [3.05, 3.63) is 0 Å². The van der Waals surface area contributed by atoms with Crippen molar-refractivity contribution in [1.82, 2.24) is 0 Å². The molecule has 0 rings (SSSR count). The molecule has 0 unspecified atom stereocenters. The fourth-order valence-electron chi connectivity index (χ4n) is 8.12. The van der Waals surface area contributed by atoms with Crippen LogP contribution in [0.5, 0.6) is 0 Å². The predicted octanol–water partition coefficient (Wildman–Crippen LogP) is 9.66. The molecule has 1 nitrogen and oxygen atoms in total. The van der Waals surface area contributed by atoms with Crippen molar-refractivity contribution in [2.75, 3.05) is 19.6 Å². The van der Waals surface area contributed by atoms with Gasteiger partial charge in [-0.25, -0.2) is 0 Å². The molecule has 0 aliphatic carbocycles. The molecule has 0 aromatic heterocycles. The lowest BCUT2D eigenvalue weighted by Crippen LogP contribution is -3.00. The van der Waals surface area contributed by atoms with Crippen LogP contribution >= 0.6 is 0 Å². The van der Waals surface area contributed by atoms with E-state index in [1.807, 2.05) is 0 Å². The predicted molar refractivity (Wildman–Crippen MR) is 172 cm³/mol. The lowest BCUT2D eigenvalue weighted by Gasteiger charge is -2.63. The summed E-state index contributed by atoms with van der Waals surface area (Å²) >= 11 is 0. The smallest absolute Gasteiger partial charge is 0.105 e. The Morgan fingerprint density at radius 2 is 0.658 bits per heavy atom. The highest BCUT2D eigenvalue weighted by atomic mass is 35.5. The van der Waals surface area contributed by atoms with Crippen molar-refractivity contribution in [3.8, 4) is 0 Å². The van der Waals surface area contributed by atoms with Gasteiger partial charge in [-0.1, -0.05) is 120 Å². The third kappa shape index (κ3) is 12.4. The van der Waals surface area contributed by atoms with E-state index in [0.29, 0.717) is 11.0 Å². The van der Waals surface area contributed by atoms with Gasteiger partial charge in [-0.2, -0.15) is 0 Å². The maximum absolute atomic E-state index is 2.51. The van der Waals surface area contributed by atoms with Crippen molar-refractivity contribution in [2.45, 2.75) is 209 Å². The molecular formula is C36H76ClN. The maximum Gasteiger partial charge on any atom is 0.105 e. The third-order valence-electron chi connectivity index (χ3n) is 10.1. The fourth-order valence-corrected chi connectivity index (χ4v) is 8.12. The van der Waals surface area contributed by atoms with Crippen molar-refractivity contribution in [1.29, 1.82) is 0 Å². The van der Waals surface area contributed by atoms with E-state index >= 15 is 0 Å². The van der Waals surface area contributed by atoms with Gasteiger partial charge in [0.2, 0.25) is 0 Å². The second kappa shape index (κ2) is 25.0. The van der Waals surface area contributed by atoms with Gasteiger partial charge in [0.15, 0.2) is 0 Å². The lowest BCUT2D eigenvalue weighted by molar-refractivity contribution is -0.987. The molecule has 0 heterocycles. The van der Waals surface area contributed by atoms with E-state index in [-0.39, 0.29) is 12.4 Å². The second-order valence-electron chi connectivity index (χ2n) is 12.9. The van der Waals surface area contributed by atoms with Crippen LogP contribution in [0.4, 0.5) is 0 Å². The highest BCUT2D eigenvalue weighted by Gasteiger charge is 2.60. The molecule has 0 N–H and O–H groups in total. The molecule has 2 heteroatoms. The zero-order valence-electron chi connectivity index (χ0n) is 28.2. The van der Waals surface area contributed by atoms with E-state index in [0.717, 1.165) is 0 Å². The van der Waals surface area contributed by atoms with Crippen molar-refractivity contribution < 1.29 is 16.9 Å². The van der Waals surface area contributed by atoms with Crippen LogP contribution in [0.1, 0.15) is 203 Å². The minimum atomic E-state index is 0. The number of rotatable bonds is 28. The fraction of sp³-hybridized carbons (Fsp3) is 1.00. The van der Waals surface area contributed by atoms with Crippen molar-refractivity contribution >= 4 is 0 Å². The molecule has 0 spiro atoms. The van der Waals surface area contributed by atoms with E-state index in [1.54, 1.807) is 0 Å². The largest absolute Gasteiger partial charge is 1.00 e. The average Bonchev–Trinajstić information content (AvgIpc) is 2.90. The first-order chi connectivity index (χ1) is 18.0. The molecule has 0 amide bonds. The molecule has 0 aromatic carbocycles. The zero-order valence-corrected chi connectivity index (χ0v) is 29.0. The average molecular weight is 558 g/mol. The van der Waals surface area contributed by atoms with E-state index < -0.39 is 0 Å². The number of nitrogens with zero attached hydrogens (tertiary/aromatic N) is 1. The molecule has 0 fully saturated rings. The van der Waals surface area contributed by atoms with Crippen LogP contribution in [0.2, 0.25) is 0 Å². The quantitative estimate of drug-likeness (QED) is 0.0663. The van der Waals surface area contributed by atoms with Gasteiger partial charge < -0.3 is 16.9 Å². The molecule has 0 aliphatic heterocycles. The lowest BCUT2D eigenvalue weighted by atomic mass is 9.56. The zero-order chi connectivity index (χ0) is 27.9. The maximum atomic E-state index is 2.51. The molecule has 232 valence electrons. The summed E-state index contributed by atoms with van der Waals surface area (Å²) in [6, 6.07) is 0. The first-order valence-corrected chi connectivity index (χ1v) is 17.8. The number of hydrogen-bond acceptors (Lipinski definition) is 0. The van der Waals surface area contributed by atoms with Crippen LogP contribution in [0, 0.1) is 5.41 Å². The van der Waals surface area contributed by atoms with Crippen LogP contribution in [0.15, 0.2) is 0 Å². The molecule has 38 heavy (non-hydrogen) atoms. The second-order valence-corrected chi connectivity index (χ2v) is 12.9. The van der Waals surface area contributed by atoms with Crippen LogP contribution < -0.4 is 12.4 Å². The monoisotopic (exact) mass is 558 g/mol. The SMILES string of the molecule is CCCCC[N+](CCCCC)(CCCCC)C(CCCC)(CCCC)C(CCC)(CCCC)CCCC.[Cl-]. The first kappa shape index (κ1) is 40.4. The van der Waals surface area contributed by atoms with E-state index in [1.165, 1.54) is 172 Å². The van der Waals surface area contributed by atoms with Crippen molar-refractivity contribution in [3.63, 3.8) is 0 Å². The summed E-state index contributed by atoms with van der Waals surface area (Å²) in [5.41, 5.74) is 0.983. The van der Waals surface area contributed by atoms with E-state index in [9.17, 15) is 0 Å². The Kier molecular flexibility index (Phi) is 26.6.